The number of hydrogen-bond acceptors (Lipinski definition) is 4. The van der Waals surface area contributed by atoms with Crippen molar-refractivity contribution in [3.05, 3.63) is 69.8 Å². The third-order valence-electron chi connectivity index (χ3n) is 4.10. The molecule has 1 aliphatic heterocycles. The Morgan fingerprint density at radius 2 is 2.12 bits per heavy atom. The standard InChI is InChI=1S/C19H14FN3O2S/c20-14-4-2-1-3-13(14)19(25)21-9-18-23-16(10-26-18)11-5-6-15-12(7-11)8-17(24)22-15/h1-7,10H,8-9H2,(H,21,25)(H,22,24). The molecule has 0 aliphatic carbocycles. The summed E-state index contributed by atoms with van der Waals surface area (Å²) in [4.78, 5) is 28.0. The number of nitrogens with zero attached hydrogens (tertiary/aromatic N) is 1. The maximum Gasteiger partial charge on any atom is 0.254 e. The first-order valence-corrected chi connectivity index (χ1v) is 8.88. The normalized spacial score (nSPS) is 12.6. The van der Waals surface area contributed by atoms with Gasteiger partial charge >= 0.3 is 0 Å². The number of halogens is 1. The van der Waals surface area contributed by atoms with Crippen LogP contribution in [-0.2, 0) is 17.8 Å². The third-order valence-corrected chi connectivity index (χ3v) is 4.95. The fourth-order valence-electron chi connectivity index (χ4n) is 2.81. The molecule has 1 aliphatic rings. The summed E-state index contributed by atoms with van der Waals surface area (Å²) >= 11 is 1.42. The zero-order chi connectivity index (χ0) is 18.1. The van der Waals surface area contributed by atoms with E-state index in [1.165, 1.54) is 23.5 Å². The van der Waals surface area contributed by atoms with Crippen LogP contribution in [0.4, 0.5) is 10.1 Å². The summed E-state index contributed by atoms with van der Waals surface area (Å²) in [6.07, 6.45) is 0.374. The molecule has 2 N–H and O–H groups in total. The van der Waals surface area contributed by atoms with Gasteiger partial charge in [0.25, 0.3) is 5.91 Å². The lowest BCUT2D eigenvalue weighted by Crippen LogP contribution is -2.23. The van der Waals surface area contributed by atoms with Gasteiger partial charge in [0.2, 0.25) is 5.91 Å². The van der Waals surface area contributed by atoms with Gasteiger partial charge in [-0.3, -0.25) is 9.59 Å². The monoisotopic (exact) mass is 367 g/mol. The van der Waals surface area contributed by atoms with Gasteiger partial charge in [-0.1, -0.05) is 18.2 Å². The second-order valence-corrected chi connectivity index (χ2v) is 6.83. The van der Waals surface area contributed by atoms with Gasteiger partial charge < -0.3 is 10.6 Å². The first-order chi connectivity index (χ1) is 12.6. The first kappa shape index (κ1) is 16.4. The van der Waals surface area contributed by atoms with E-state index >= 15 is 0 Å². The molecule has 0 radical (unpaired) electrons. The van der Waals surface area contributed by atoms with E-state index in [1.54, 1.807) is 12.1 Å². The summed E-state index contributed by atoms with van der Waals surface area (Å²) in [5, 5.41) is 8.10. The second kappa shape index (κ2) is 6.68. The van der Waals surface area contributed by atoms with E-state index in [0.717, 1.165) is 27.5 Å². The molecule has 0 fully saturated rings. The lowest BCUT2D eigenvalue weighted by molar-refractivity contribution is -0.115. The number of amides is 2. The molecule has 0 saturated carbocycles. The molecular formula is C19H14FN3O2S. The number of aromatic nitrogens is 1. The van der Waals surface area contributed by atoms with Gasteiger partial charge in [0.1, 0.15) is 10.8 Å². The van der Waals surface area contributed by atoms with Crippen LogP contribution in [0.3, 0.4) is 0 Å². The largest absolute Gasteiger partial charge is 0.345 e. The SMILES string of the molecule is O=C1Cc2cc(-c3csc(CNC(=O)c4ccccc4F)n3)ccc2N1. The van der Waals surface area contributed by atoms with Crippen molar-refractivity contribution in [1.29, 1.82) is 0 Å². The molecule has 5 nitrogen and oxygen atoms in total. The maximum atomic E-state index is 13.6. The highest BCUT2D eigenvalue weighted by atomic mass is 32.1. The molecule has 7 heteroatoms. The highest BCUT2D eigenvalue weighted by Crippen LogP contribution is 2.29. The molecule has 2 heterocycles. The van der Waals surface area contributed by atoms with Crippen LogP contribution in [0.1, 0.15) is 20.9 Å². The maximum absolute atomic E-state index is 13.6. The number of benzene rings is 2. The zero-order valence-electron chi connectivity index (χ0n) is 13.6. The number of rotatable bonds is 4. The van der Waals surface area contributed by atoms with E-state index < -0.39 is 11.7 Å². The van der Waals surface area contributed by atoms with Gasteiger partial charge in [-0.25, -0.2) is 9.37 Å². The summed E-state index contributed by atoms with van der Waals surface area (Å²) in [7, 11) is 0. The number of fused-ring (bicyclic) bond motifs is 1. The van der Waals surface area contributed by atoms with Crippen LogP contribution in [0.25, 0.3) is 11.3 Å². The minimum atomic E-state index is -0.550. The van der Waals surface area contributed by atoms with Crippen LogP contribution in [0.2, 0.25) is 0 Å². The van der Waals surface area contributed by atoms with Gasteiger partial charge in [-0.2, -0.15) is 0 Å². The number of nitrogens with one attached hydrogen (secondary N) is 2. The molecule has 130 valence electrons. The Morgan fingerprint density at radius 1 is 1.27 bits per heavy atom. The predicted octanol–water partition coefficient (Wildman–Crippen LogP) is 3.37. The number of thiazole rings is 1. The summed E-state index contributed by atoms with van der Waals surface area (Å²) in [6, 6.07) is 11.6. The Balaban J connectivity index is 1.46. The molecule has 3 aromatic rings. The summed E-state index contributed by atoms with van der Waals surface area (Å²) in [5.74, 6) is -1.03. The molecule has 0 unspecified atom stereocenters. The van der Waals surface area contributed by atoms with Crippen LogP contribution >= 0.6 is 11.3 Å². The van der Waals surface area contributed by atoms with E-state index in [-0.39, 0.29) is 18.0 Å². The van der Waals surface area contributed by atoms with Gasteiger partial charge in [0.05, 0.1) is 24.2 Å². The van der Waals surface area contributed by atoms with Gasteiger partial charge in [0.15, 0.2) is 0 Å². The van der Waals surface area contributed by atoms with Crippen molar-refractivity contribution in [2.75, 3.05) is 5.32 Å². The number of anilines is 1. The number of carbonyl (C=O) groups excluding carboxylic acids is 2. The van der Waals surface area contributed by atoms with Crippen molar-refractivity contribution in [1.82, 2.24) is 10.3 Å². The van der Waals surface area contributed by atoms with Crippen molar-refractivity contribution in [3.63, 3.8) is 0 Å². The topological polar surface area (TPSA) is 71.1 Å². The van der Waals surface area contributed by atoms with Crippen molar-refractivity contribution in [2.24, 2.45) is 0 Å². The smallest absolute Gasteiger partial charge is 0.254 e. The average molecular weight is 367 g/mol. The highest BCUT2D eigenvalue weighted by Gasteiger charge is 2.18. The molecule has 0 bridgehead atoms. The second-order valence-electron chi connectivity index (χ2n) is 5.89. The molecule has 0 saturated heterocycles. The van der Waals surface area contributed by atoms with Crippen LogP contribution in [-0.4, -0.2) is 16.8 Å². The van der Waals surface area contributed by atoms with Crippen LogP contribution in [0.5, 0.6) is 0 Å². The molecule has 26 heavy (non-hydrogen) atoms. The van der Waals surface area contributed by atoms with Crippen molar-refractivity contribution >= 4 is 28.8 Å². The van der Waals surface area contributed by atoms with Crippen molar-refractivity contribution in [2.45, 2.75) is 13.0 Å². The lowest BCUT2D eigenvalue weighted by Gasteiger charge is -2.04. The number of carbonyl (C=O) groups is 2. The number of hydrogen-bond donors (Lipinski definition) is 2. The molecule has 0 atom stereocenters. The average Bonchev–Trinajstić information content (AvgIpc) is 3.24. The quantitative estimate of drug-likeness (QED) is 0.743. The molecule has 2 aromatic carbocycles. The van der Waals surface area contributed by atoms with Gasteiger partial charge in [-0.15, -0.1) is 11.3 Å². The Hall–Kier alpha value is -3.06. The fourth-order valence-corrected chi connectivity index (χ4v) is 3.55. The minimum absolute atomic E-state index is 0.00743. The van der Waals surface area contributed by atoms with E-state index in [4.69, 9.17) is 0 Å². The Labute approximate surface area is 152 Å². The molecule has 2 amide bonds. The third kappa shape index (κ3) is 3.21. The summed E-state index contributed by atoms with van der Waals surface area (Å²) in [6.45, 7) is 0.225. The summed E-state index contributed by atoms with van der Waals surface area (Å²) < 4.78 is 13.6. The van der Waals surface area contributed by atoms with Crippen LogP contribution < -0.4 is 10.6 Å². The van der Waals surface area contributed by atoms with Crippen molar-refractivity contribution in [3.8, 4) is 11.3 Å². The summed E-state index contributed by atoms with van der Waals surface area (Å²) in [5.41, 5.74) is 3.51. The van der Waals surface area contributed by atoms with E-state index in [0.29, 0.717) is 6.42 Å². The molecule has 4 rings (SSSR count). The van der Waals surface area contributed by atoms with Crippen LogP contribution in [0, 0.1) is 5.82 Å². The molecular weight excluding hydrogens is 353 g/mol. The van der Waals surface area contributed by atoms with E-state index in [1.807, 2.05) is 23.6 Å². The fraction of sp³-hybridized carbons (Fsp3) is 0.105. The molecule has 1 aromatic heterocycles. The zero-order valence-corrected chi connectivity index (χ0v) is 14.4. The lowest BCUT2D eigenvalue weighted by atomic mass is 10.1. The van der Waals surface area contributed by atoms with E-state index in [2.05, 4.69) is 15.6 Å². The Bertz CT molecular complexity index is 1020. The Kier molecular flexibility index (Phi) is 4.22. The minimum Gasteiger partial charge on any atom is -0.345 e. The van der Waals surface area contributed by atoms with Gasteiger partial charge in [0, 0.05) is 16.6 Å². The van der Waals surface area contributed by atoms with Crippen molar-refractivity contribution < 1.29 is 14.0 Å². The van der Waals surface area contributed by atoms with Gasteiger partial charge in [-0.05, 0) is 29.8 Å². The van der Waals surface area contributed by atoms with Crippen LogP contribution in [0.15, 0.2) is 47.8 Å². The first-order valence-electron chi connectivity index (χ1n) is 8.00. The predicted molar refractivity (Wildman–Crippen MR) is 97.5 cm³/mol. The molecule has 0 spiro atoms. The Morgan fingerprint density at radius 3 is 2.96 bits per heavy atom. The highest BCUT2D eigenvalue weighted by molar-refractivity contribution is 7.09. The van der Waals surface area contributed by atoms with E-state index in [9.17, 15) is 14.0 Å².